The van der Waals surface area contributed by atoms with Crippen molar-refractivity contribution in [3.63, 3.8) is 0 Å². The second-order valence-electron chi connectivity index (χ2n) is 5.18. The number of ether oxygens (including phenoxy) is 2. The molecular formula is C17H19NO6S. The molecule has 1 fully saturated rings. The Morgan fingerprint density at radius 3 is 2.84 bits per heavy atom. The second kappa shape index (κ2) is 8.57. The maximum Gasteiger partial charge on any atom is 0.341 e. The van der Waals surface area contributed by atoms with Gasteiger partial charge in [0.05, 0.1) is 30.0 Å². The first kappa shape index (κ1) is 18.9. The third-order valence-corrected chi connectivity index (χ3v) is 4.47. The van der Waals surface area contributed by atoms with Crippen LogP contribution in [0.2, 0.25) is 0 Å². The van der Waals surface area contributed by atoms with Gasteiger partial charge in [-0.15, -0.1) is 0 Å². The summed E-state index contributed by atoms with van der Waals surface area (Å²) in [6, 6.07) is 4.79. The van der Waals surface area contributed by atoms with E-state index in [2.05, 4.69) is 0 Å². The van der Waals surface area contributed by atoms with Crippen LogP contribution in [0.1, 0.15) is 22.8 Å². The number of benzene rings is 1. The molecule has 1 amide bonds. The lowest BCUT2D eigenvalue weighted by Crippen LogP contribution is -2.29. The van der Waals surface area contributed by atoms with Crippen LogP contribution in [-0.2, 0) is 19.1 Å². The molecule has 2 rings (SSSR count). The van der Waals surface area contributed by atoms with Crippen LogP contribution >= 0.6 is 11.8 Å². The van der Waals surface area contributed by atoms with Crippen LogP contribution in [0.4, 0.5) is 0 Å². The Morgan fingerprint density at radius 2 is 2.12 bits per heavy atom. The van der Waals surface area contributed by atoms with Gasteiger partial charge in [-0.2, -0.15) is 0 Å². The van der Waals surface area contributed by atoms with Gasteiger partial charge in [-0.1, -0.05) is 23.9 Å². The van der Waals surface area contributed by atoms with Gasteiger partial charge in [0, 0.05) is 0 Å². The van der Waals surface area contributed by atoms with Crippen LogP contribution in [0.5, 0.6) is 5.75 Å². The number of para-hydroxylation sites is 1. The van der Waals surface area contributed by atoms with E-state index in [9.17, 15) is 19.5 Å². The van der Waals surface area contributed by atoms with Crippen molar-refractivity contribution in [3.8, 4) is 5.75 Å². The average molecular weight is 365 g/mol. The van der Waals surface area contributed by atoms with Gasteiger partial charge >= 0.3 is 11.9 Å². The molecule has 0 radical (unpaired) electrons. The number of esters is 2. The molecule has 0 aromatic heterocycles. The Hall–Kier alpha value is -2.48. The van der Waals surface area contributed by atoms with Crippen molar-refractivity contribution < 1.29 is 29.0 Å². The number of thioether (sulfide) groups is 1. The van der Waals surface area contributed by atoms with Gasteiger partial charge < -0.3 is 19.5 Å². The number of hydrogen-bond donors (Lipinski definition) is 1. The molecule has 0 unspecified atom stereocenters. The molecule has 8 heteroatoms. The van der Waals surface area contributed by atoms with Crippen LogP contribution in [0.15, 0.2) is 29.3 Å². The first-order valence-electron chi connectivity index (χ1n) is 7.71. The first-order chi connectivity index (χ1) is 11.9. The molecule has 0 atom stereocenters. The SMILES string of the molecule is CCOC(=O)/C=C1\SCC(=O)N1CCOC(=O)c1cccc(C)c1O. The smallest absolute Gasteiger partial charge is 0.341 e. The van der Waals surface area contributed by atoms with E-state index < -0.39 is 11.9 Å². The number of hydrogen-bond acceptors (Lipinski definition) is 7. The highest BCUT2D eigenvalue weighted by Gasteiger charge is 2.27. The van der Waals surface area contributed by atoms with E-state index in [4.69, 9.17) is 9.47 Å². The maximum absolute atomic E-state index is 12.0. The molecule has 1 aromatic rings. The van der Waals surface area contributed by atoms with Crippen molar-refractivity contribution in [1.29, 1.82) is 0 Å². The summed E-state index contributed by atoms with van der Waals surface area (Å²) in [6.07, 6.45) is 1.26. The van der Waals surface area contributed by atoms with Crippen LogP contribution in [-0.4, -0.2) is 53.4 Å². The third kappa shape index (κ3) is 4.76. The Labute approximate surface area is 149 Å². The van der Waals surface area contributed by atoms with Crippen molar-refractivity contribution in [2.45, 2.75) is 13.8 Å². The van der Waals surface area contributed by atoms with Gasteiger partial charge in [-0.05, 0) is 25.5 Å². The number of aromatic hydroxyl groups is 1. The first-order valence-corrected chi connectivity index (χ1v) is 8.70. The Morgan fingerprint density at radius 1 is 1.36 bits per heavy atom. The highest BCUT2D eigenvalue weighted by Crippen LogP contribution is 2.28. The topological polar surface area (TPSA) is 93.1 Å². The molecule has 1 aromatic carbocycles. The summed E-state index contributed by atoms with van der Waals surface area (Å²) in [5.74, 6) is -1.27. The number of phenols is 1. The third-order valence-electron chi connectivity index (χ3n) is 3.44. The second-order valence-corrected chi connectivity index (χ2v) is 6.17. The number of carbonyl (C=O) groups excluding carboxylic acids is 3. The molecule has 25 heavy (non-hydrogen) atoms. The summed E-state index contributed by atoms with van der Waals surface area (Å²) in [4.78, 5) is 36.8. The Bertz CT molecular complexity index is 715. The fourth-order valence-electron chi connectivity index (χ4n) is 2.18. The minimum Gasteiger partial charge on any atom is -0.507 e. The molecule has 0 aliphatic carbocycles. The van der Waals surface area contributed by atoms with Crippen LogP contribution < -0.4 is 0 Å². The highest BCUT2D eigenvalue weighted by atomic mass is 32.2. The largest absolute Gasteiger partial charge is 0.507 e. The van der Waals surface area contributed by atoms with Crippen molar-refractivity contribution in [3.05, 3.63) is 40.4 Å². The molecule has 1 heterocycles. The maximum atomic E-state index is 12.0. The number of aryl methyl sites for hydroxylation is 1. The van der Waals surface area contributed by atoms with E-state index in [1.165, 1.54) is 28.8 Å². The molecular weight excluding hydrogens is 346 g/mol. The zero-order valence-electron chi connectivity index (χ0n) is 14.0. The fraction of sp³-hybridized carbons (Fsp3) is 0.353. The normalized spacial score (nSPS) is 15.5. The van der Waals surface area contributed by atoms with Gasteiger partial charge in [0.1, 0.15) is 17.9 Å². The van der Waals surface area contributed by atoms with Crippen molar-refractivity contribution >= 4 is 29.6 Å². The lowest BCUT2D eigenvalue weighted by molar-refractivity contribution is -0.137. The number of phenolic OH excluding ortho intramolecular Hbond substituents is 1. The van der Waals surface area contributed by atoms with E-state index in [1.54, 1.807) is 26.0 Å². The summed E-state index contributed by atoms with van der Waals surface area (Å²) < 4.78 is 9.96. The lowest BCUT2D eigenvalue weighted by atomic mass is 10.1. The minimum absolute atomic E-state index is 0.0569. The summed E-state index contributed by atoms with van der Waals surface area (Å²) in [6.45, 7) is 3.69. The Kier molecular flexibility index (Phi) is 6.46. The minimum atomic E-state index is -0.670. The van der Waals surface area contributed by atoms with Gasteiger partial charge in [-0.3, -0.25) is 4.79 Å². The molecule has 0 saturated carbocycles. The van der Waals surface area contributed by atoms with Gasteiger partial charge in [0.25, 0.3) is 0 Å². The molecule has 1 saturated heterocycles. The van der Waals surface area contributed by atoms with Gasteiger partial charge in [-0.25, -0.2) is 9.59 Å². The molecule has 1 N–H and O–H groups in total. The molecule has 1 aliphatic heterocycles. The van der Waals surface area contributed by atoms with E-state index in [1.807, 2.05) is 0 Å². The fourth-order valence-corrected chi connectivity index (χ4v) is 3.14. The predicted molar refractivity (Wildman–Crippen MR) is 92.0 cm³/mol. The molecule has 1 aliphatic rings. The van der Waals surface area contributed by atoms with Crippen LogP contribution in [0.3, 0.4) is 0 Å². The van der Waals surface area contributed by atoms with Crippen LogP contribution in [0.25, 0.3) is 0 Å². The van der Waals surface area contributed by atoms with E-state index in [-0.39, 0.29) is 42.7 Å². The number of carbonyl (C=O) groups is 3. The van der Waals surface area contributed by atoms with Gasteiger partial charge in [0.15, 0.2) is 0 Å². The molecule has 0 spiro atoms. The summed E-state index contributed by atoms with van der Waals surface area (Å²) >= 11 is 1.23. The zero-order chi connectivity index (χ0) is 18.4. The number of amides is 1. The quantitative estimate of drug-likeness (QED) is 0.607. The summed E-state index contributed by atoms with van der Waals surface area (Å²) in [7, 11) is 0. The van der Waals surface area contributed by atoms with Crippen molar-refractivity contribution in [2.24, 2.45) is 0 Å². The van der Waals surface area contributed by atoms with E-state index >= 15 is 0 Å². The summed E-state index contributed by atoms with van der Waals surface area (Å²) in [5.41, 5.74) is 0.643. The number of rotatable bonds is 6. The van der Waals surface area contributed by atoms with E-state index in [0.29, 0.717) is 10.6 Å². The van der Waals surface area contributed by atoms with Crippen molar-refractivity contribution in [1.82, 2.24) is 4.90 Å². The van der Waals surface area contributed by atoms with Gasteiger partial charge in [0.2, 0.25) is 5.91 Å². The molecule has 0 bridgehead atoms. The average Bonchev–Trinajstić information content (AvgIpc) is 2.90. The monoisotopic (exact) mass is 365 g/mol. The Balaban J connectivity index is 1.95. The predicted octanol–water partition coefficient (Wildman–Crippen LogP) is 1.84. The van der Waals surface area contributed by atoms with E-state index in [0.717, 1.165) is 0 Å². The molecule has 134 valence electrons. The highest BCUT2D eigenvalue weighted by molar-refractivity contribution is 8.04. The van der Waals surface area contributed by atoms with Crippen LogP contribution in [0, 0.1) is 6.92 Å². The molecule has 7 nitrogen and oxygen atoms in total. The van der Waals surface area contributed by atoms with Crippen molar-refractivity contribution in [2.75, 3.05) is 25.5 Å². The lowest BCUT2D eigenvalue weighted by Gasteiger charge is -2.17. The summed E-state index contributed by atoms with van der Waals surface area (Å²) in [5, 5.41) is 10.4. The number of nitrogens with zero attached hydrogens (tertiary/aromatic N) is 1. The standard InChI is InChI=1S/C17H19NO6S/c1-3-23-15(20)9-14-18(13(19)10-25-14)7-8-24-17(22)12-6-4-5-11(2)16(12)21/h4-6,9,21H,3,7-8,10H2,1-2H3/b14-9-. The zero-order valence-corrected chi connectivity index (χ0v) is 14.8.